The van der Waals surface area contributed by atoms with E-state index in [0.717, 1.165) is 0 Å². The molecular formula is C6H6N2O2. The summed E-state index contributed by atoms with van der Waals surface area (Å²) in [5.74, 6) is 0.509. The maximum Gasteiger partial charge on any atom is 0.157 e. The van der Waals surface area contributed by atoms with Crippen molar-refractivity contribution in [1.29, 1.82) is 0 Å². The molecule has 1 rings (SSSR count). The van der Waals surface area contributed by atoms with Crippen molar-refractivity contribution in [3.8, 4) is 5.75 Å². The average Bonchev–Trinajstić information content (AvgIpc) is 2.03. The second-order valence-corrected chi connectivity index (χ2v) is 1.55. The molecule has 0 atom stereocenters. The van der Waals surface area contributed by atoms with E-state index in [1.807, 2.05) is 0 Å². The highest BCUT2D eigenvalue weighted by Gasteiger charge is 1.88. The Balaban J connectivity index is 2.50. The van der Waals surface area contributed by atoms with Gasteiger partial charge in [-0.25, -0.2) is 9.97 Å². The predicted molar refractivity (Wildman–Crippen MR) is 33.6 cm³/mol. The van der Waals surface area contributed by atoms with Gasteiger partial charge in [-0.1, -0.05) is 0 Å². The molecule has 4 heteroatoms. The Morgan fingerprint density at radius 3 is 2.80 bits per heavy atom. The van der Waals surface area contributed by atoms with Crippen LogP contribution in [0.1, 0.15) is 0 Å². The number of rotatable bonds is 3. The van der Waals surface area contributed by atoms with Gasteiger partial charge in [0, 0.05) is 0 Å². The lowest BCUT2D eigenvalue weighted by molar-refractivity contribution is -0.109. The molecule has 0 bridgehead atoms. The highest BCUT2D eigenvalue weighted by Crippen LogP contribution is 2.01. The summed E-state index contributed by atoms with van der Waals surface area (Å²) >= 11 is 0. The number of nitrogens with zero attached hydrogens (tertiary/aromatic N) is 2. The lowest BCUT2D eigenvalue weighted by Gasteiger charge is -1.97. The van der Waals surface area contributed by atoms with Gasteiger partial charge in [0.2, 0.25) is 0 Å². The molecule has 0 aliphatic rings. The van der Waals surface area contributed by atoms with Crippen molar-refractivity contribution in [1.82, 2.24) is 9.97 Å². The van der Waals surface area contributed by atoms with Crippen LogP contribution in [0, 0.1) is 0 Å². The van der Waals surface area contributed by atoms with E-state index in [9.17, 15) is 4.79 Å². The monoisotopic (exact) mass is 138 g/mol. The molecule has 0 spiro atoms. The van der Waals surface area contributed by atoms with Gasteiger partial charge in [-0.2, -0.15) is 0 Å². The van der Waals surface area contributed by atoms with Crippen molar-refractivity contribution in [2.24, 2.45) is 0 Å². The summed E-state index contributed by atoms with van der Waals surface area (Å²) in [7, 11) is 0. The molecule has 0 radical (unpaired) electrons. The smallest absolute Gasteiger partial charge is 0.157 e. The molecule has 0 aliphatic carbocycles. The van der Waals surface area contributed by atoms with Crippen LogP contribution in [0.5, 0.6) is 5.75 Å². The second kappa shape index (κ2) is 3.55. The molecule has 1 aromatic heterocycles. The van der Waals surface area contributed by atoms with Gasteiger partial charge >= 0.3 is 0 Å². The lowest BCUT2D eigenvalue weighted by Crippen LogP contribution is -1.97. The number of carbonyl (C=O) groups excluding carboxylic acids is 1. The highest BCUT2D eigenvalue weighted by molar-refractivity contribution is 5.51. The third-order valence-corrected chi connectivity index (χ3v) is 0.855. The summed E-state index contributed by atoms with van der Waals surface area (Å²) in [6.45, 7) is 0.0490. The predicted octanol–water partition coefficient (Wildman–Crippen LogP) is 0.0543. The zero-order chi connectivity index (χ0) is 7.23. The van der Waals surface area contributed by atoms with Crippen LogP contribution in [0.25, 0.3) is 0 Å². The number of aromatic nitrogens is 2. The van der Waals surface area contributed by atoms with Gasteiger partial charge < -0.3 is 4.74 Å². The minimum atomic E-state index is 0.0490. The first kappa shape index (κ1) is 6.67. The largest absolute Gasteiger partial charge is 0.483 e. The minimum absolute atomic E-state index is 0.0490. The average molecular weight is 138 g/mol. The molecule has 0 aliphatic heterocycles. The summed E-state index contributed by atoms with van der Waals surface area (Å²) in [5.41, 5.74) is 0. The molecule has 0 unspecified atom stereocenters. The minimum Gasteiger partial charge on any atom is -0.483 e. The molecular weight excluding hydrogens is 132 g/mol. The third kappa shape index (κ3) is 1.81. The van der Waals surface area contributed by atoms with Gasteiger partial charge in [-0.05, 0) is 0 Å². The van der Waals surface area contributed by atoms with Crippen molar-refractivity contribution in [3.63, 3.8) is 0 Å². The normalized spacial score (nSPS) is 8.80. The first-order valence-corrected chi connectivity index (χ1v) is 2.75. The van der Waals surface area contributed by atoms with Crippen molar-refractivity contribution >= 4 is 6.29 Å². The lowest BCUT2D eigenvalue weighted by atomic mass is 10.6. The van der Waals surface area contributed by atoms with Crippen LogP contribution in [0.15, 0.2) is 18.7 Å². The maximum atomic E-state index is 9.81. The Labute approximate surface area is 57.9 Å². The van der Waals surface area contributed by atoms with Crippen molar-refractivity contribution in [2.75, 3.05) is 6.61 Å². The summed E-state index contributed by atoms with van der Waals surface area (Å²) in [6.07, 6.45) is 5.06. The van der Waals surface area contributed by atoms with Gasteiger partial charge in [-0.15, -0.1) is 0 Å². The molecule has 0 saturated carbocycles. The quantitative estimate of drug-likeness (QED) is 0.554. The van der Waals surface area contributed by atoms with Gasteiger partial charge in [0.1, 0.15) is 12.9 Å². The fourth-order valence-corrected chi connectivity index (χ4v) is 0.490. The van der Waals surface area contributed by atoms with Gasteiger partial charge in [-0.3, -0.25) is 4.79 Å². The highest BCUT2D eigenvalue weighted by atomic mass is 16.5. The first-order valence-electron chi connectivity index (χ1n) is 2.75. The van der Waals surface area contributed by atoms with E-state index >= 15 is 0 Å². The van der Waals surface area contributed by atoms with Crippen LogP contribution in [0.4, 0.5) is 0 Å². The van der Waals surface area contributed by atoms with Crippen LogP contribution < -0.4 is 4.74 Å². The van der Waals surface area contributed by atoms with Crippen LogP contribution in [0.3, 0.4) is 0 Å². The van der Waals surface area contributed by atoms with E-state index in [4.69, 9.17) is 4.74 Å². The second-order valence-electron chi connectivity index (χ2n) is 1.55. The molecule has 0 aromatic carbocycles. The number of aldehydes is 1. The fourth-order valence-electron chi connectivity index (χ4n) is 0.490. The SMILES string of the molecule is O=CCOc1cncnc1. The molecule has 52 valence electrons. The summed E-state index contributed by atoms with van der Waals surface area (Å²) in [6, 6.07) is 0. The zero-order valence-corrected chi connectivity index (χ0v) is 5.23. The Morgan fingerprint density at radius 1 is 1.50 bits per heavy atom. The van der Waals surface area contributed by atoms with E-state index in [0.29, 0.717) is 12.0 Å². The zero-order valence-electron chi connectivity index (χ0n) is 5.23. The summed E-state index contributed by atoms with van der Waals surface area (Å²) < 4.78 is 4.86. The van der Waals surface area contributed by atoms with Crippen molar-refractivity contribution in [3.05, 3.63) is 18.7 Å². The Morgan fingerprint density at radius 2 is 2.20 bits per heavy atom. The van der Waals surface area contributed by atoms with Gasteiger partial charge in [0.25, 0.3) is 0 Å². The van der Waals surface area contributed by atoms with E-state index < -0.39 is 0 Å². The number of ether oxygens (including phenoxy) is 1. The van der Waals surface area contributed by atoms with Crippen molar-refractivity contribution < 1.29 is 9.53 Å². The third-order valence-electron chi connectivity index (χ3n) is 0.855. The fraction of sp³-hybridized carbons (Fsp3) is 0.167. The number of hydrogen-bond acceptors (Lipinski definition) is 4. The van der Waals surface area contributed by atoms with E-state index in [-0.39, 0.29) is 6.61 Å². The molecule has 0 fully saturated rings. The van der Waals surface area contributed by atoms with E-state index in [1.54, 1.807) is 0 Å². The molecule has 1 heterocycles. The standard InChI is InChI=1S/C6H6N2O2/c9-1-2-10-6-3-7-5-8-4-6/h1,3-5H,2H2. The van der Waals surface area contributed by atoms with Crippen LogP contribution in [0.2, 0.25) is 0 Å². The van der Waals surface area contributed by atoms with E-state index in [1.165, 1.54) is 18.7 Å². The summed E-state index contributed by atoms with van der Waals surface area (Å²) in [5, 5.41) is 0. The Kier molecular flexibility index (Phi) is 2.37. The van der Waals surface area contributed by atoms with Gasteiger partial charge in [0.15, 0.2) is 12.0 Å². The maximum absolute atomic E-state index is 9.81. The Bertz CT molecular complexity index is 200. The number of carbonyl (C=O) groups is 1. The van der Waals surface area contributed by atoms with Gasteiger partial charge in [0.05, 0.1) is 12.4 Å². The molecule has 0 N–H and O–H groups in total. The Hall–Kier alpha value is -1.45. The topological polar surface area (TPSA) is 52.1 Å². The van der Waals surface area contributed by atoms with E-state index in [2.05, 4.69) is 9.97 Å². The molecule has 10 heavy (non-hydrogen) atoms. The van der Waals surface area contributed by atoms with Crippen molar-refractivity contribution in [2.45, 2.75) is 0 Å². The molecule has 0 amide bonds. The van der Waals surface area contributed by atoms with Crippen LogP contribution in [-0.4, -0.2) is 22.9 Å². The number of hydrogen-bond donors (Lipinski definition) is 0. The van der Waals surface area contributed by atoms with Crippen LogP contribution >= 0.6 is 0 Å². The molecule has 0 saturated heterocycles. The summed E-state index contributed by atoms with van der Waals surface area (Å²) in [4.78, 5) is 17.2. The van der Waals surface area contributed by atoms with Crippen LogP contribution in [-0.2, 0) is 4.79 Å². The molecule has 1 aromatic rings. The molecule has 4 nitrogen and oxygen atoms in total. The first-order chi connectivity index (χ1) is 4.93.